The molecular weight excluding hydrogens is 372 g/mol. The molecule has 1 amide bonds. The van der Waals surface area contributed by atoms with Gasteiger partial charge in [-0.1, -0.05) is 29.5 Å². The molecule has 3 aromatic rings. The van der Waals surface area contributed by atoms with Crippen LogP contribution in [0.1, 0.15) is 12.8 Å². The van der Waals surface area contributed by atoms with Crippen LogP contribution >= 0.6 is 11.3 Å². The van der Waals surface area contributed by atoms with Gasteiger partial charge in [-0.3, -0.25) is 4.79 Å². The summed E-state index contributed by atoms with van der Waals surface area (Å²) in [7, 11) is -3.27. The number of anilines is 1. The third kappa shape index (κ3) is 4.80. The zero-order chi connectivity index (χ0) is 18.6. The molecule has 6 nitrogen and oxygen atoms in total. The lowest BCUT2D eigenvalue weighted by Crippen LogP contribution is -2.12. The number of amides is 1. The fourth-order valence-corrected chi connectivity index (χ4v) is 3.95. The summed E-state index contributed by atoms with van der Waals surface area (Å²) >= 11 is 1.25. The number of rotatable bonds is 7. The Morgan fingerprint density at radius 1 is 1.19 bits per heavy atom. The highest BCUT2D eigenvalue weighted by Gasteiger charge is 2.12. The number of fused-ring (bicyclic) bond motifs is 1. The van der Waals surface area contributed by atoms with E-state index < -0.39 is 9.84 Å². The molecule has 0 aliphatic rings. The van der Waals surface area contributed by atoms with E-state index in [2.05, 4.69) is 10.3 Å². The van der Waals surface area contributed by atoms with Gasteiger partial charge >= 0.3 is 0 Å². The Bertz CT molecular complexity index is 1010. The van der Waals surface area contributed by atoms with Crippen molar-refractivity contribution in [1.29, 1.82) is 0 Å². The lowest BCUT2D eigenvalue weighted by Gasteiger charge is -2.05. The Kier molecular flexibility index (Phi) is 5.53. The van der Waals surface area contributed by atoms with Crippen LogP contribution in [0.4, 0.5) is 5.13 Å². The Morgan fingerprint density at radius 2 is 1.96 bits per heavy atom. The van der Waals surface area contributed by atoms with E-state index in [9.17, 15) is 13.2 Å². The molecule has 1 N–H and O–H groups in total. The maximum absolute atomic E-state index is 12.0. The highest BCUT2D eigenvalue weighted by atomic mass is 32.2. The molecule has 0 radical (unpaired) electrons. The summed E-state index contributed by atoms with van der Waals surface area (Å²) in [6.07, 6.45) is 2.07. The van der Waals surface area contributed by atoms with Crippen LogP contribution in [0.15, 0.2) is 53.4 Å². The van der Waals surface area contributed by atoms with Gasteiger partial charge < -0.3 is 10.1 Å². The molecule has 1 heterocycles. The fourth-order valence-electron chi connectivity index (χ4n) is 2.31. The number of nitrogens with one attached hydrogen (secondary N) is 1. The summed E-state index contributed by atoms with van der Waals surface area (Å²) in [5.41, 5.74) is 0.658. The van der Waals surface area contributed by atoms with E-state index in [1.165, 1.54) is 17.4 Å². The van der Waals surface area contributed by atoms with Crippen LogP contribution in [-0.4, -0.2) is 32.2 Å². The predicted octanol–water partition coefficient (Wildman–Crippen LogP) is 3.50. The maximum atomic E-state index is 12.0. The van der Waals surface area contributed by atoms with Crippen molar-refractivity contribution in [3.8, 4) is 5.75 Å². The van der Waals surface area contributed by atoms with Crippen molar-refractivity contribution in [2.75, 3.05) is 18.2 Å². The Hall–Kier alpha value is -2.45. The molecule has 0 atom stereocenters. The molecule has 8 heteroatoms. The Balaban J connectivity index is 1.54. The van der Waals surface area contributed by atoms with Crippen molar-refractivity contribution in [3.63, 3.8) is 0 Å². The van der Waals surface area contributed by atoms with Crippen LogP contribution in [0.3, 0.4) is 0 Å². The van der Waals surface area contributed by atoms with Gasteiger partial charge in [-0.2, -0.15) is 0 Å². The number of carbonyl (C=O) groups excluding carboxylic acids is 1. The zero-order valence-electron chi connectivity index (χ0n) is 14.1. The number of nitrogens with zero attached hydrogens (tertiary/aromatic N) is 1. The van der Waals surface area contributed by atoms with Gasteiger partial charge in [-0.05, 0) is 36.8 Å². The number of aromatic nitrogens is 1. The second-order valence-corrected chi connectivity index (χ2v) is 8.78. The number of hydrogen-bond acceptors (Lipinski definition) is 6. The molecule has 0 aliphatic heterocycles. The van der Waals surface area contributed by atoms with E-state index in [1.54, 1.807) is 12.1 Å². The van der Waals surface area contributed by atoms with E-state index in [0.29, 0.717) is 30.1 Å². The highest BCUT2D eigenvalue weighted by Crippen LogP contribution is 2.28. The summed E-state index contributed by atoms with van der Waals surface area (Å²) < 4.78 is 29.5. The number of para-hydroxylation sites is 1. The standard InChI is InChI=1S/C18H18N2O4S2/c1-26(22,23)14-9-10-15-16(12-14)25-18(19-15)20-17(21)8-5-11-24-13-6-3-2-4-7-13/h2-4,6-7,9-10,12H,5,8,11H2,1H3,(H,19,20,21). The topological polar surface area (TPSA) is 85.4 Å². The van der Waals surface area contributed by atoms with E-state index in [1.807, 2.05) is 30.3 Å². The lowest BCUT2D eigenvalue weighted by molar-refractivity contribution is -0.116. The molecule has 26 heavy (non-hydrogen) atoms. The largest absolute Gasteiger partial charge is 0.494 e. The first-order chi connectivity index (χ1) is 12.4. The Morgan fingerprint density at radius 3 is 2.69 bits per heavy atom. The molecule has 0 spiro atoms. The first-order valence-electron chi connectivity index (χ1n) is 8.00. The van der Waals surface area contributed by atoms with Crippen LogP contribution in [0.2, 0.25) is 0 Å². The van der Waals surface area contributed by atoms with Crippen molar-refractivity contribution in [1.82, 2.24) is 4.98 Å². The van der Waals surface area contributed by atoms with Crippen LogP contribution in [0.25, 0.3) is 10.2 Å². The third-order valence-corrected chi connectivity index (χ3v) is 5.64. The van der Waals surface area contributed by atoms with Crippen LogP contribution < -0.4 is 10.1 Å². The number of thiazole rings is 1. The van der Waals surface area contributed by atoms with Gasteiger partial charge in [0, 0.05) is 12.7 Å². The average Bonchev–Trinajstić information content (AvgIpc) is 3.00. The number of carbonyl (C=O) groups is 1. The minimum absolute atomic E-state index is 0.149. The second-order valence-electron chi connectivity index (χ2n) is 5.73. The summed E-state index contributed by atoms with van der Waals surface area (Å²) in [5.74, 6) is 0.629. The van der Waals surface area contributed by atoms with Gasteiger partial charge in [0.1, 0.15) is 5.75 Å². The minimum atomic E-state index is -3.27. The molecule has 0 aliphatic carbocycles. The van der Waals surface area contributed by atoms with Gasteiger partial charge in [0.05, 0.1) is 21.7 Å². The maximum Gasteiger partial charge on any atom is 0.226 e. The van der Waals surface area contributed by atoms with E-state index >= 15 is 0 Å². The van der Waals surface area contributed by atoms with Gasteiger partial charge in [-0.25, -0.2) is 13.4 Å². The van der Waals surface area contributed by atoms with Crippen molar-refractivity contribution >= 4 is 42.4 Å². The third-order valence-electron chi connectivity index (χ3n) is 3.59. The minimum Gasteiger partial charge on any atom is -0.494 e. The van der Waals surface area contributed by atoms with E-state index in [0.717, 1.165) is 16.7 Å². The number of ether oxygens (including phenoxy) is 1. The smallest absolute Gasteiger partial charge is 0.226 e. The molecule has 1 aromatic heterocycles. The van der Waals surface area contributed by atoms with E-state index in [4.69, 9.17) is 4.74 Å². The quantitative estimate of drug-likeness (QED) is 0.624. The summed E-state index contributed by atoms with van der Waals surface area (Å²) in [4.78, 5) is 16.6. The molecule has 0 unspecified atom stereocenters. The summed E-state index contributed by atoms with van der Waals surface area (Å²) in [5, 5.41) is 3.21. The van der Waals surface area contributed by atoms with Gasteiger partial charge in [0.25, 0.3) is 0 Å². The predicted molar refractivity (Wildman–Crippen MR) is 103 cm³/mol. The molecular formula is C18H18N2O4S2. The van der Waals surface area contributed by atoms with Crippen LogP contribution in [-0.2, 0) is 14.6 Å². The first kappa shape index (κ1) is 18.3. The van der Waals surface area contributed by atoms with Crippen molar-refractivity contribution in [2.45, 2.75) is 17.7 Å². The number of benzene rings is 2. The van der Waals surface area contributed by atoms with E-state index in [-0.39, 0.29) is 10.8 Å². The number of sulfone groups is 1. The van der Waals surface area contributed by atoms with Crippen molar-refractivity contribution in [2.24, 2.45) is 0 Å². The zero-order valence-corrected chi connectivity index (χ0v) is 15.8. The van der Waals surface area contributed by atoms with Crippen LogP contribution in [0, 0.1) is 0 Å². The SMILES string of the molecule is CS(=O)(=O)c1ccc2nc(NC(=O)CCCOc3ccccc3)sc2c1. The van der Waals surface area contributed by atoms with Crippen molar-refractivity contribution < 1.29 is 17.9 Å². The molecule has 0 saturated carbocycles. The molecule has 2 aromatic carbocycles. The second kappa shape index (κ2) is 7.84. The van der Waals surface area contributed by atoms with Crippen molar-refractivity contribution in [3.05, 3.63) is 48.5 Å². The first-order valence-corrected chi connectivity index (χ1v) is 10.7. The number of hydrogen-bond donors (Lipinski definition) is 1. The highest BCUT2D eigenvalue weighted by molar-refractivity contribution is 7.90. The average molecular weight is 390 g/mol. The van der Waals surface area contributed by atoms with Gasteiger partial charge in [0.15, 0.2) is 15.0 Å². The molecule has 3 rings (SSSR count). The van der Waals surface area contributed by atoms with Gasteiger partial charge in [0.2, 0.25) is 5.91 Å². The van der Waals surface area contributed by atoms with Gasteiger partial charge in [-0.15, -0.1) is 0 Å². The monoisotopic (exact) mass is 390 g/mol. The lowest BCUT2D eigenvalue weighted by atomic mass is 10.3. The van der Waals surface area contributed by atoms with Crippen LogP contribution in [0.5, 0.6) is 5.75 Å². The summed E-state index contributed by atoms with van der Waals surface area (Å²) in [6, 6.07) is 14.2. The summed E-state index contributed by atoms with van der Waals surface area (Å²) in [6.45, 7) is 0.453. The fraction of sp³-hybridized carbons (Fsp3) is 0.222. The molecule has 0 saturated heterocycles. The molecule has 0 fully saturated rings. The normalized spacial score (nSPS) is 11.4. The molecule has 0 bridgehead atoms. The molecule has 136 valence electrons. The Labute approximate surface area is 155 Å².